The van der Waals surface area contributed by atoms with E-state index in [4.69, 9.17) is 14.3 Å². The van der Waals surface area contributed by atoms with Gasteiger partial charge in [0.05, 0.1) is 0 Å². The summed E-state index contributed by atoms with van der Waals surface area (Å²) in [5, 5.41) is 0. The predicted octanol–water partition coefficient (Wildman–Crippen LogP) is 1.87. The summed E-state index contributed by atoms with van der Waals surface area (Å²) in [5.74, 6) is -1.89. The SMILES string of the molecule is CC(C)[C@H]1C[C@]2(ON1)OC1(CCCCC1)OC2=O. The van der Waals surface area contributed by atoms with Gasteiger partial charge in [0, 0.05) is 25.3 Å². The second-order valence-electron chi connectivity index (χ2n) is 5.99. The van der Waals surface area contributed by atoms with E-state index in [2.05, 4.69) is 19.3 Å². The number of rotatable bonds is 1. The van der Waals surface area contributed by atoms with Gasteiger partial charge in [0.15, 0.2) is 0 Å². The monoisotopic (exact) mass is 255 g/mol. The molecule has 0 bridgehead atoms. The van der Waals surface area contributed by atoms with Crippen LogP contribution in [0.15, 0.2) is 0 Å². The molecule has 0 unspecified atom stereocenters. The van der Waals surface area contributed by atoms with Gasteiger partial charge in [-0.15, -0.1) is 0 Å². The van der Waals surface area contributed by atoms with Crippen LogP contribution in [0.4, 0.5) is 0 Å². The second kappa shape index (κ2) is 4.18. The van der Waals surface area contributed by atoms with E-state index in [1.807, 2.05) is 0 Å². The fourth-order valence-electron chi connectivity index (χ4n) is 3.01. The van der Waals surface area contributed by atoms with Crippen LogP contribution in [-0.4, -0.2) is 23.6 Å². The number of esters is 1. The predicted molar refractivity (Wildman–Crippen MR) is 63.2 cm³/mol. The highest BCUT2D eigenvalue weighted by Gasteiger charge is 2.63. The zero-order valence-electron chi connectivity index (χ0n) is 11.0. The Kier molecular flexibility index (Phi) is 2.88. The Morgan fingerprint density at radius 2 is 2.00 bits per heavy atom. The third-order valence-electron chi connectivity index (χ3n) is 4.22. The molecule has 2 aliphatic heterocycles. The largest absolute Gasteiger partial charge is 0.429 e. The van der Waals surface area contributed by atoms with Crippen molar-refractivity contribution in [2.24, 2.45) is 5.92 Å². The van der Waals surface area contributed by atoms with Crippen molar-refractivity contribution in [1.29, 1.82) is 0 Å². The van der Waals surface area contributed by atoms with Crippen LogP contribution >= 0.6 is 0 Å². The topological polar surface area (TPSA) is 56.8 Å². The lowest BCUT2D eigenvalue weighted by atomic mass is 9.94. The molecule has 3 aliphatic rings. The van der Waals surface area contributed by atoms with Crippen LogP contribution in [-0.2, 0) is 19.1 Å². The third kappa shape index (κ3) is 1.85. The number of carbonyl (C=O) groups excluding carboxylic acids is 1. The lowest BCUT2D eigenvalue weighted by Crippen LogP contribution is -2.39. The number of nitrogens with one attached hydrogen (secondary N) is 1. The minimum absolute atomic E-state index is 0.135. The molecule has 2 atom stereocenters. The average molecular weight is 255 g/mol. The van der Waals surface area contributed by atoms with E-state index in [0.717, 1.165) is 25.7 Å². The van der Waals surface area contributed by atoms with Crippen molar-refractivity contribution in [2.45, 2.75) is 70.0 Å². The Morgan fingerprint density at radius 3 is 2.61 bits per heavy atom. The van der Waals surface area contributed by atoms with E-state index in [9.17, 15) is 4.79 Å². The maximum atomic E-state index is 12.1. The lowest BCUT2D eigenvalue weighted by molar-refractivity contribution is -0.270. The third-order valence-corrected chi connectivity index (χ3v) is 4.22. The summed E-state index contributed by atoms with van der Waals surface area (Å²) in [7, 11) is 0. The molecule has 1 aliphatic carbocycles. The van der Waals surface area contributed by atoms with Crippen LogP contribution in [0, 0.1) is 5.92 Å². The van der Waals surface area contributed by atoms with Gasteiger partial charge >= 0.3 is 5.97 Å². The quantitative estimate of drug-likeness (QED) is 0.725. The summed E-state index contributed by atoms with van der Waals surface area (Å²) >= 11 is 0. The molecule has 0 radical (unpaired) electrons. The highest BCUT2D eigenvalue weighted by molar-refractivity contribution is 5.80. The molecule has 5 heteroatoms. The number of hydroxylamine groups is 1. The van der Waals surface area contributed by atoms with Gasteiger partial charge < -0.3 is 4.74 Å². The number of carbonyl (C=O) groups is 1. The first kappa shape index (κ1) is 12.4. The van der Waals surface area contributed by atoms with Gasteiger partial charge in [-0.05, 0) is 18.8 Å². The van der Waals surface area contributed by atoms with Gasteiger partial charge in [-0.25, -0.2) is 4.79 Å². The van der Waals surface area contributed by atoms with Crippen molar-refractivity contribution in [3.63, 3.8) is 0 Å². The van der Waals surface area contributed by atoms with Crippen LogP contribution in [0.2, 0.25) is 0 Å². The van der Waals surface area contributed by atoms with Gasteiger partial charge in [0.25, 0.3) is 5.79 Å². The highest BCUT2D eigenvalue weighted by Crippen LogP contribution is 2.46. The molecule has 1 saturated carbocycles. The molecule has 18 heavy (non-hydrogen) atoms. The molecule has 2 saturated heterocycles. The molecule has 0 aromatic carbocycles. The van der Waals surface area contributed by atoms with Gasteiger partial charge in [0.2, 0.25) is 5.79 Å². The van der Waals surface area contributed by atoms with E-state index >= 15 is 0 Å². The Bertz CT molecular complexity index is 351. The Labute approximate surface area is 107 Å². The highest BCUT2D eigenvalue weighted by atomic mass is 16.9. The number of ether oxygens (including phenoxy) is 2. The maximum absolute atomic E-state index is 12.1. The van der Waals surface area contributed by atoms with Crippen LogP contribution in [0.25, 0.3) is 0 Å². The van der Waals surface area contributed by atoms with Gasteiger partial charge in [-0.2, -0.15) is 5.48 Å². The summed E-state index contributed by atoms with van der Waals surface area (Å²) < 4.78 is 11.5. The first-order chi connectivity index (χ1) is 8.55. The average Bonchev–Trinajstić information content (AvgIpc) is 2.85. The zero-order chi connectivity index (χ0) is 12.8. The minimum atomic E-state index is -1.20. The summed E-state index contributed by atoms with van der Waals surface area (Å²) in [6.07, 6.45) is 5.38. The minimum Gasteiger partial charge on any atom is -0.429 e. The fourth-order valence-corrected chi connectivity index (χ4v) is 3.01. The molecule has 5 nitrogen and oxygen atoms in total. The molecule has 0 aromatic rings. The molecule has 1 N–H and O–H groups in total. The van der Waals surface area contributed by atoms with Gasteiger partial charge in [-0.3, -0.25) is 9.57 Å². The standard InChI is InChI=1S/C13H21NO4/c1-9(2)10-8-13(18-14-10)11(15)16-12(17-13)6-4-3-5-7-12/h9-10,14H,3-8H2,1-2H3/t10-,13-/m1/s1. The van der Waals surface area contributed by atoms with E-state index < -0.39 is 11.6 Å². The van der Waals surface area contributed by atoms with Crippen molar-refractivity contribution in [3.8, 4) is 0 Å². The first-order valence-electron chi connectivity index (χ1n) is 6.92. The van der Waals surface area contributed by atoms with Crippen molar-refractivity contribution in [2.75, 3.05) is 0 Å². The van der Waals surface area contributed by atoms with Gasteiger partial charge in [-0.1, -0.05) is 20.3 Å². The van der Waals surface area contributed by atoms with E-state index in [-0.39, 0.29) is 12.0 Å². The summed E-state index contributed by atoms with van der Waals surface area (Å²) in [6, 6.07) is 0.135. The molecular formula is C13H21NO4. The molecule has 0 amide bonds. The molecule has 3 fully saturated rings. The smallest absolute Gasteiger partial charge is 0.371 e. The van der Waals surface area contributed by atoms with Crippen LogP contribution in [0.3, 0.4) is 0 Å². The van der Waals surface area contributed by atoms with E-state index in [1.165, 1.54) is 6.42 Å². The molecule has 3 rings (SSSR count). The normalized spacial score (nSPS) is 38.8. The molecule has 0 aromatic heterocycles. The summed E-state index contributed by atoms with van der Waals surface area (Å²) in [5.41, 5.74) is 2.92. The fraction of sp³-hybridized carbons (Fsp3) is 0.923. The van der Waals surface area contributed by atoms with E-state index in [1.54, 1.807) is 0 Å². The van der Waals surface area contributed by atoms with Crippen molar-refractivity contribution < 1.29 is 19.1 Å². The van der Waals surface area contributed by atoms with Crippen molar-refractivity contribution >= 4 is 5.97 Å². The molecule has 2 heterocycles. The lowest BCUT2D eigenvalue weighted by Gasteiger charge is -2.31. The molecule has 102 valence electrons. The first-order valence-corrected chi connectivity index (χ1v) is 6.92. The Balaban J connectivity index is 1.76. The maximum Gasteiger partial charge on any atom is 0.371 e. The Morgan fingerprint density at radius 1 is 1.28 bits per heavy atom. The number of hydrogen-bond acceptors (Lipinski definition) is 5. The summed E-state index contributed by atoms with van der Waals surface area (Å²) in [4.78, 5) is 17.6. The van der Waals surface area contributed by atoms with Gasteiger partial charge in [0.1, 0.15) is 0 Å². The van der Waals surface area contributed by atoms with Crippen LogP contribution in [0.1, 0.15) is 52.4 Å². The number of hydrogen-bond donors (Lipinski definition) is 1. The van der Waals surface area contributed by atoms with E-state index in [0.29, 0.717) is 12.3 Å². The summed E-state index contributed by atoms with van der Waals surface area (Å²) in [6.45, 7) is 4.19. The molecular weight excluding hydrogens is 234 g/mol. The van der Waals surface area contributed by atoms with Crippen molar-refractivity contribution in [3.05, 3.63) is 0 Å². The van der Waals surface area contributed by atoms with Crippen LogP contribution in [0.5, 0.6) is 0 Å². The molecule has 2 spiro atoms. The van der Waals surface area contributed by atoms with Crippen molar-refractivity contribution in [1.82, 2.24) is 5.48 Å². The second-order valence-corrected chi connectivity index (χ2v) is 5.99. The zero-order valence-corrected chi connectivity index (χ0v) is 11.0. The Hall–Kier alpha value is -0.650. The van der Waals surface area contributed by atoms with Crippen LogP contribution < -0.4 is 5.48 Å².